The summed E-state index contributed by atoms with van der Waals surface area (Å²) in [5, 5.41) is 5.61. The monoisotopic (exact) mass is 366 g/mol. The maximum absolute atomic E-state index is 12.7. The molecule has 0 fully saturated rings. The molecule has 1 atom stereocenters. The van der Waals surface area contributed by atoms with Crippen molar-refractivity contribution in [3.05, 3.63) is 66.3 Å². The Bertz CT molecular complexity index is 916. The molecule has 0 aliphatic heterocycles. The number of amides is 2. The van der Waals surface area contributed by atoms with Crippen molar-refractivity contribution in [3.8, 4) is 5.69 Å². The summed E-state index contributed by atoms with van der Waals surface area (Å²) in [4.78, 5) is 35.3. The van der Waals surface area contributed by atoms with E-state index in [1.165, 1.54) is 6.92 Å². The lowest BCUT2D eigenvalue weighted by atomic mass is 10.1. The van der Waals surface area contributed by atoms with E-state index in [1.807, 2.05) is 42.0 Å². The van der Waals surface area contributed by atoms with Crippen LogP contribution in [0.25, 0.3) is 5.69 Å². The minimum absolute atomic E-state index is 0.253. The number of para-hydroxylation sites is 1. The van der Waals surface area contributed by atoms with Crippen LogP contribution in [0.4, 0.5) is 0 Å². The third-order valence-corrected chi connectivity index (χ3v) is 4.20. The van der Waals surface area contributed by atoms with Gasteiger partial charge in [-0.05, 0) is 18.6 Å². The van der Waals surface area contributed by atoms with E-state index in [4.69, 9.17) is 0 Å². The molecule has 3 aromatic rings. The Kier molecular flexibility index (Phi) is 5.65. The Balaban J connectivity index is 1.72. The first kappa shape index (κ1) is 18.4. The average Bonchev–Trinajstić information content (AvgIpc) is 3.30. The number of carbonyl (C=O) groups is 2. The number of nitrogens with one attached hydrogen (secondary N) is 3. The molecule has 140 valence electrons. The van der Waals surface area contributed by atoms with Crippen molar-refractivity contribution in [2.45, 2.75) is 32.9 Å². The predicted octanol–water partition coefficient (Wildman–Crippen LogP) is 1.27. The van der Waals surface area contributed by atoms with Crippen LogP contribution in [0, 0.1) is 6.92 Å². The van der Waals surface area contributed by atoms with Gasteiger partial charge in [-0.2, -0.15) is 0 Å². The van der Waals surface area contributed by atoms with Crippen LogP contribution in [0.5, 0.6) is 0 Å². The molecule has 0 radical (unpaired) electrons. The molecule has 0 saturated carbocycles. The van der Waals surface area contributed by atoms with Crippen molar-refractivity contribution >= 4 is 11.8 Å². The molecule has 0 bridgehead atoms. The number of benzene rings is 1. The Morgan fingerprint density at radius 3 is 2.78 bits per heavy atom. The van der Waals surface area contributed by atoms with Crippen molar-refractivity contribution in [1.29, 1.82) is 0 Å². The highest BCUT2D eigenvalue weighted by atomic mass is 16.2. The first-order chi connectivity index (χ1) is 13.0. The Labute approximate surface area is 157 Å². The van der Waals surface area contributed by atoms with Crippen LogP contribution in [0.3, 0.4) is 0 Å². The van der Waals surface area contributed by atoms with E-state index in [0.29, 0.717) is 13.0 Å². The summed E-state index contributed by atoms with van der Waals surface area (Å²) in [6.07, 6.45) is 7.14. The van der Waals surface area contributed by atoms with Crippen LogP contribution < -0.4 is 10.6 Å². The fourth-order valence-electron chi connectivity index (χ4n) is 2.90. The van der Waals surface area contributed by atoms with Gasteiger partial charge >= 0.3 is 0 Å². The molecule has 2 aromatic heterocycles. The largest absolute Gasteiger partial charge is 0.350 e. The quantitative estimate of drug-likeness (QED) is 0.585. The fraction of sp³-hybridized carbons (Fsp3) is 0.263. The number of aromatic amines is 1. The van der Waals surface area contributed by atoms with E-state index < -0.39 is 6.04 Å². The third kappa shape index (κ3) is 4.60. The molecule has 1 aromatic carbocycles. The number of H-pyrrole nitrogens is 1. The normalized spacial score (nSPS) is 11.8. The number of hydrogen-bond acceptors (Lipinski definition) is 4. The summed E-state index contributed by atoms with van der Waals surface area (Å²) >= 11 is 0. The summed E-state index contributed by atoms with van der Waals surface area (Å²) in [6.45, 7) is 3.66. The molecule has 0 spiro atoms. The molecule has 3 N–H and O–H groups in total. The summed E-state index contributed by atoms with van der Waals surface area (Å²) in [6, 6.07) is 7.12. The lowest BCUT2D eigenvalue weighted by Gasteiger charge is -2.18. The Morgan fingerprint density at radius 1 is 1.30 bits per heavy atom. The molecule has 2 amide bonds. The molecular weight excluding hydrogens is 344 g/mol. The zero-order chi connectivity index (χ0) is 19.2. The number of rotatable bonds is 7. The van der Waals surface area contributed by atoms with Crippen LogP contribution >= 0.6 is 0 Å². The Hall–Kier alpha value is -3.42. The molecule has 0 unspecified atom stereocenters. The van der Waals surface area contributed by atoms with Gasteiger partial charge in [0.1, 0.15) is 11.9 Å². The second kappa shape index (κ2) is 8.31. The molecule has 0 aliphatic rings. The summed E-state index contributed by atoms with van der Waals surface area (Å²) in [7, 11) is 0. The smallest absolute Gasteiger partial charge is 0.243 e. The fourth-order valence-corrected chi connectivity index (χ4v) is 2.90. The maximum Gasteiger partial charge on any atom is 0.243 e. The number of aryl methyl sites for hydroxylation is 1. The second-order valence-corrected chi connectivity index (χ2v) is 6.23. The van der Waals surface area contributed by atoms with Crippen LogP contribution in [-0.4, -0.2) is 37.4 Å². The third-order valence-electron chi connectivity index (χ3n) is 4.20. The van der Waals surface area contributed by atoms with Gasteiger partial charge < -0.3 is 20.2 Å². The van der Waals surface area contributed by atoms with Crippen molar-refractivity contribution < 1.29 is 9.59 Å². The molecule has 8 nitrogen and oxygen atoms in total. The minimum atomic E-state index is -0.676. The van der Waals surface area contributed by atoms with E-state index in [1.54, 1.807) is 18.7 Å². The van der Waals surface area contributed by atoms with E-state index in [0.717, 1.165) is 22.8 Å². The van der Waals surface area contributed by atoms with E-state index in [-0.39, 0.29) is 11.8 Å². The van der Waals surface area contributed by atoms with Gasteiger partial charge in [0.15, 0.2) is 0 Å². The zero-order valence-electron chi connectivity index (χ0n) is 15.3. The minimum Gasteiger partial charge on any atom is -0.350 e. The van der Waals surface area contributed by atoms with Crippen molar-refractivity contribution in [3.63, 3.8) is 0 Å². The van der Waals surface area contributed by atoms with Gasteiger partial charge in [0.2, 0.25) is 11.8 Å². The highest BCUT2D eigenvalue weighted by molar-refractivity contribution is 5.87. The van der Waals surface area contributed by atoms with Crippen LogP contribution in [-0.2, 0) is 22.6 Å². The molecule has 0 aliphatic carbocycles. The van der Waals surface area contributed by atoms with Crippen LogP contribution in [0.1, 0.15) is 24.0 Å². The van der Waals surface area contributed by atoms with E-state index in [9.17, 15) is 9.59 Å². The number of carbonyl (C=O) groups excluding carboxylic acids is 2. The SMILES string of the molecule is CC(=O)N[C@@H](Cc1cnc[nH]1)C(=O)NCc1ccccc1-n1ccnc1C. The van der Waals surface area contributed by atoms with Gasteiger partial charge in [-0.1, -0.05) is 18.2 Å². The van der Waals surface area contributed by atoms with Crippen molar-refractivity contribution in [2.24, 2.45) is 0 Å². The molecule has 0 saturated heterocycles. The van der Waals surface area contributed by atoms with E-state index >= 15 is 0 Å². The standard InChI is InChI=1S/C19H22N6O2/c1-13-21-7-8-25(13)18-6-4-3-5-15(18)10-22-19(27)17(24-14(2)26)9-16-11-20-12-23-16/h3-8,11-12,17H,9-10H2,1-2H3,(H,20,23)(H,22,27)(H,24,26)/t17-/m0/s1. The predicted molar refractivity (Wildman–Crippen MR) is 100 cm³/mol. The topological polar surface area (TPSA) is 105 Å². The van der Waals surface area contributed by atoms with Gasteiger partial charge in [-0.15, -0.1) is 0 Å². The first-order valence-corrected chi connectivity index (χ1v) is 8.65. The molecule has 27 heavy (non-hydrogen) atoms. The van der Waals surface area contributed by atoms with Gasteiger partial charge in [-0.25, -0.2) is 9.97 Å². The molecule has 2 heterocycles. The lowest BCUT2D eigenvalue weighted by Crippen LogP contribution is -2.47. The van der Waals surface area contributed by atoms with Crippen LogP contribution in [0.15, 0.2) is 49.2 Å². The average molecular weight is 366 g/mol. The number of aromatic nitrogens is 4. The van der Waals surface area contributed by atoms with E-state index in [2.05, 4.69) is 25.6 Å². The van der Waals surface area contributed by atoms with Gasteiger partial charge in [0, 0.05) is 44.2 Å². The van der Waals surface area contributed by atoms with Crippen molar-refractivity contribution in [1.82, 2.24) is 30.2 Å². The molecule has 8 heteroatoms. The first-order valence-electron chi connectivity index (χ1n) is 8.65. The van der Waals surface area contributed by atoms with Gasteiger partial charge in [0.25, 0.3) is 0 Å². The Morgan fingerprint density at radius 2 is 2.11 bits per heavy atom. The van der Waals surface area contributed by atoms with Crippen LogP contribution in [0.2, 0.25) is 0 Å². The molecular formula is C19H22N6O2. The summed E-state index contributed by atoms with van der Waals surface area (Å²) in [5.41, 5.74) is 2.69. The number of nitrogens with zero attached hydrogens (tertiary/aromatic N) is 3. The maximum atomic E-state index is 12.7. The zero-order valence-corrected chi connectivity index (χ0v) is 15.3. The lowest BCUT2D eigenvalue weighted by molar-refractivity contribution is -0.128. The highest BCUT2D eigenvalue weighted by Crippen LogP contribution is 2.16. The number of hydrogen-bond donors (Lipinski definition) is 3. The highest BCUT2D eigenvalue weighted by Gasteiger charge is 2.20. The summed E-state index contributed by atoms with van der Waals surface area (Å²) in [5.74, 6) is 0.352. The van der Waals surface area contributed by atoms with Gasteiger partial charge in [-0.3, -0.25) is 9.59 Å². The second-order valence-electron chi connectivity index (χ2n) is 6.23. The van der Waals surface area contributed by atoms with Gasteiger partial charge in [0.05, 0.1) is 12.0 Å². The molecule has 3 rings (SSSR count). The van der Waals surface area contributed by atoms with Crippen molar-refractivity contribution in [2.75, 3.05) is 0 Å². The summed E-state index contributed by atoms with van der Waals surface area (Å²) < 4.78 is 1.97. The number of imidazole rings is 2.